The van der Waals surface area contributed by atoms with Crippen LogP contribution in [-0.2, 0) is 6.54 Å². The van der Waals surface area contributed by atoms with E-state index in [1.165, 1.54) is 0 Å². The lowest BCUT2D eigenvalue weighted by Crippen LogP contribution is -2.37. The van der Waals surface area contributed by atoms with Crippen LogP contribution in [0, 0.1) is 6.92 Å². The predicted octanol–water partition coefficient (Wildman–Crippen LogP) is 5.28. The van der Waals surface area contributed by atoms with Gasteiger partial charge in [0.15, 0.2) is 5.43 Å². The van der Waals surface area contributed by atoms with Gasteiger partial charge in [-0.05, 0) is 62.4 Å². The molecule has 182 valence electrons. The Hall–Kier alpha value is -3.16. The van der Waals surface area contributed by atoms with Gasteiger partial charge in [-0.1, -0.05) is 23.7 Å². The van der Waals surface area contributed by atoms with Gasteiger partial charge >= 0.3 is 0 Å². The van der Waals surface area contributed by atoms with E-state index in [1.807, 2.05) is 50.2 Å². The molecule has 2 N–H and O–H groups in total. The Morgan fingerprint density at radius 3 is 2.57 bits per heavy atom. The Kier molecular flexibility index (Phi) is 6.62. The molecule has 0 amide bonds. The van der Waals surface area contributed by atoms with E-state index < -0.39 is 0 Å². The first kappa shape index (κ1) is 23.6. The fourth-order valence-corrected chi connectivity index (χ4v) is 4.92. The smallest absolute Gasteiger partial charge is 0.225 e. The third-order valence-electron chi connectivity index (χ3n) is 6.77. The molecule has 1 aliphatic rings. The van der Waals surface area contributed by atoms with Crippen LogP contribution >= 0.6 is 11.6 Å². The van der Waals surface area contributed by atoms with Crippen LogP contribution < -0.4 is 21.0 Å². The molecule has 0 saturated heterocycles. The molecule has 7 nitrogen and oxygen atoms in total. The van der Waals surface area contributed by atoms with Crippen LogP contribution in [0.25, 0.3) is 21.9 Å². The summed E-state index contributed by atoms with van der Waals surface area (Å²) in [5, 5.41) is 9.24. The Balaban J connectivity index is 1.20. The molecule has 0 aliphatic heterocycles. The Morgan fingerprint density at radius 2 is 1.80 bits per heavy atom. The minimum Gasteiger partial charge on any atom is -0.464 e. The highest BCUT2D eigenvalue weighted by Crippen LogP contribution is 2.27. The van der Waals surface area contributed by atoms with E-state index in [4.69, 9.17) is 26.0 Å². The Bertz CT molecular complexity index is 1430. The zero-order valence-corrected chi connectivity index (χ0v) is 21.0. The molecule has 1 fully saturated rings. The summed E-state index contributed by atoms with van der Waals surface area (Å²) in [5.41, 5.74) is 3.00. The second-order valence-corrected chi connectivity index (χ2v) is 9.95. The van der Waals surface area contributed by atoms with E-state index >= 15 is 0 Å². The van der Waals surface area contributed by atoms with Gasteiger partial charge in [0, 0.05) is 48.7 Å². The van der Waals surface area contributed by atoms with Gasteiger partial charge in [0.2, 0.25) is 5.95 Å². The highest BCUT2D eigenvalue weighted by Gasteiger charge is 2.22. The topological polar surface area (TPSA) is 83.3 Å². The normalized spacial score (nSPS) is 18.2. The monoisotopic (exact) mass is 491 g/mol. The molecule has 2 heterocycles. The quantitative estimate of drug-likeness (QED) is 0.379. The lowest BCUT2D eigenvalue weighted by molar-refractivity contribution is 0.351. The zero-order chi connectivity index (χ0) is 24.5. The van der Waals surface area contributed by atoms with E-state index in [-0.39, 0.29) is 5.43 Å². The summed E-state index contributed by atoms with van der Waals surface area (Å²) < 4.78 is 5.71. The van der Waals surface area contributed by atoms with Gasteiger partial charge in [-0.15, -0.1) is 0 Å². The van der Waals surface area contributed by atoms with Crippen molar-refractivity contribution in [2.45, 2.75) is 51.2 Å². The molecule has 2 aromatic heterocycles. The SMILES string of the molecule is Cc1cc2occ(CN[C@H]3CC[C@@H](Nc4nc(N(C)C)c5ccccc5n4)CC3)c(=O)c2cc1Cl. The van der Waals surface area contributed by atoms with Crippen molar-refractivity contribution in [3.63, 3.8) is 0 Å². The Morgan fingerprint density at radius 1 is 1.06 bits per heavy atom. The van der Waals surface area contributed by atoms with Gasteiger partial charge in [0.25, 0.3) is 0 Å². The molecular weight excluding hydrogens is 462 g/mol. The molecule has 0 radical (unpaired) electrons. The zero-order valence-electron chi connectivity index (χ0n) is 20.3. The number of hydrogen-bond donors (Lipinski definition) is 2. The number of nitrogens with one attached hydrogen (secondary N) is 2. The van der Waals surface area contributed by atoms with E-state index in [0.29, 0.717) is 46.1 Å². The lowest BCUT2D eigenvalue weighted by Gasteiger charge is -2.30. The fraction of sp³-hybridized carbons (Fsp3) is 0.370. The van der Waals surface area contributed by atoms with Crippen molar-refractivity contribution in [2.24, 2.45) is 0 Å². The summed E-state index contributed by atoms with van der Waals surface area (Å²) in [7, 11) is 4.00. The molecule has 5 rings (SSSR count). The minimum atomic E-state index is -0.0267. The number of hydrogen-bond acceptors (Lipinski definition) is 7. The standard InChI is InChI=1S/C27H30ClN5O2/c1-16-12-24-21(13-22(16)28)25(34)17(15-35-24)14-29-18-8-10-19(11-9-18)30-27-31-23-7-5-4-6-20(23)26(32-27)33(2)3/h4-7,12-13,15,18-19,29H,8-11,14H2,1-3H3,(H,30,31,32)/t18-,19+. The van der Waals surface area contributed by atoms with Gasteiger partial charge in [0.05, 0.1) is 17.2 Å². The summed E-state index contributed by atoms with van der Waals surface area (Å²) in [6.07, 6.45) is 5.60. The number of aromatic nitrogens is 2. The van der Waals surface area contributed by atoms with Gasteiger partial charge in [0.1, 0.15) is 11.4 Å². The minimum absolute atomic E-state index is 0.0267. The molecule has 0 unspecified atom stereocenters. The second kappa shape index (κ2) is 9.84. The van der Waals surface area contributed by atoms with Crippen LogP contribution in [0.2, 0.25) is 5.02 Å². The maximum Gasteiger partial charge on any atom is 0.225 e. The van der Waals surface area contributed by atoms with Crippen LogP contribution in [0.5, 0.6) is 0 Å². The number of benzene rings is 2. The maximum atomic E-state index is 12.9. The highest BCUT2D eigenvalue weighted by molar-refractivity contribution is 6.32. The van der Waals surface area contributed by atoms with Crippen molar-refractivity contribution in [2.75, 3.05) is 24.3 Å². The fourth-order valence-electron chi connectivity index (χ4n) is 4.76. The van der Waals surface area contributed by atoms with Crippen molar-refractivity contribution in [1.82, 2.24) is 15.3 Å². The van der Waals surface area contributed by atoms with Crippen molar-refractivity contribution in [3.8, 4) is 0 Å². The third kappa shape index (κ3) is 4.97. The van der Waals surface area contributed by atoms with Crippen LogP contribution in [0.3, 0.4) is 0 Å². The molecule has 0 atom stereocenters. The molecule has 4 aromatic rings. The van der Waals surface area contributed by atoms with Gasteiger partial charge in [-0.3, -0.25) is 4.79 Å². The molecule has 0 spiro atoms. The average molecular weight is 492 g/mol. The lowest BCUT2D eigenvalue weighted by atomic mass is 9.91. The number of rotatable bonds is 6. The summed E-state index contributed by atoms with van der Waals surface area (Å²) in [6.45, 7) is 2.38. The van der Waals surface area contributed by atoms with E-state index in [9.17, 15) is 4.79 Å². The van der Waals surface area contributed by atoms with Crippen LogP contribution in [0.4, 0.5) is 11.8 Å². The second-order valence-electron chi connectivity index (χ2n) is 9.54. The third-order valence-corrected chi connectivity index (χ3v) is 7.18. The average Bonchev–Trinajstić information content (AvgIpc) is 2.85. The maximum absolute atomic E-state index is 12.9. The van der Waals surface area contributed by atoms with Gasteiger partial charge < -0.3 is 20.0 Å². The van der Waals surface area contributed by atoms with Gasteiger partial charge in [-0.2, -0.15) is 4.98 Å². The van der Waals surface area contributed by atoms with Crippen LogP contribution in [0.1, 0.15) is 36.8 Å². The molecule has 0 bridgehead atoms. The summed E-state index contributed by atoms with van der Waals surface area (Å²) >= 11 is 6.22. The first-order chi connectivity index (χ1) is 16.9. The highest BCUT2D eigenvalue weighted by atomic mass is 35.5. The molecule has 2 aromatic carbocycles. The summed E-state index contributed by atoms with van der Waals surface area (Å²) in [6, 6.07) is 12.3. The van der Waals surface area contributed by atoms with Crippen molar-refractivity contribution in [1.29, 1.82) is 0 Å². The summed E-state index contributed by atoms with van der Waals surface area (Å²) in [5.74, 6) is 1.59. The number of nitrogens with zero attached hydrogens (tertiary/aromatic N) is 3. The van der Waals surface area contributed by atoms with Crippen molar-refractivity contribution in [3.05, 3.63) is 69.0 Å². The largest absolute Gasteiger partial charge is 0.464 e. The predicted molar refractivity (Wildman–Crippen MR) is 143 cm³/mol. The van der Waals surface area contributed by atoms with Crippen molar-refractivity contribution >= 4 is 45.2 Å². The number of fused-ring (bicyclic) bond motifs is 2. The molecule has 35 heavy (non-hydrogen) atoms. The number of anilines is 2. The molecule has 8 heteroatoms. The number of para-hydroxylation sites is 1. The molecule has 1 saturated carbocycles. The van der Waals surface area contributed by atoms with E-state index in [2.05, 4.69) is 16.7 Å². The molecular formula is C27H30ClN5O2. The Labute approximate surface area is 209 Å². The first-order valence-corrected chi connectivity index (χ1v) is 12.4. The van der Waals surface area contributed by atoms with E-state index in [0.717, 1.165) is 48.0 Å². The molecule has 1 aliphatic carbocycles. The van der Waals surface area contributed by atoms with E-state index in [1.54, 1.807) is 12.3 Å². The van der Waals surface area contributed by atoms with Crippen molar-refractivity contribution < 1.29 is 4.42 Å². The van der Waals surface area contributed by atoms with Crippen LogP contribution in [-0.4, -0.2) is 36.1 Å². The summed E-state index contributed by atoms with van der Waals surface area (Å²) in [4.78, 5) is 24.4. The van der Waals surface area contributed by atoms with Crippen LogP contribution in [0.15, 0.2) is 51.9 Å². The number of aryl methyl sites for hydroxylation is 1. The first-order valence-electron chi connectivity index (χ1n) is 12.0. The van der Waals surface area contributed by atoms with Gasteiger partial charge in [-0.25, -0.2) is 4.98 Å². The number of halogens is 1.